The molecule has 2 nitrogen and oxygen atoms in total. The second-order valence-electron chi connectivity index (χ2n) is 7.85. The highest BCUT2D eigenvalue weighted by Gasteiger charge is 2.56. The van der Waals surface area contributed by atoms with Gasteiger partial charge in [-0.05, 0) is 44.1 Å². The standard InChI is InChI=1S/C20H32O2/c1-16(2)18(22)19(3)13-9-6-10-14-20(19,15-21)17-11-7-4-5-8-12-17/h15,17H,1,4-14H2,2-3H3. The summed E-state index contributed by atoms with van der Waals surface area (Å²) < 4.78 is 0. The molecule has 2 aliphatic carbocycles. The van der Waals surface area contributed by atoms with Crippen LogP contribution in [0, 0.1) is 16.7 Å². The first-order valence-corrected chi connectivity index (χ1v) is 9.14. The fourth-order valence-electron chi connectivity index (χ4n) is 5.11. The van der Waals surface area contributed by atoms with Crippen LogP contribution in [0.25, 0.3) is 0 Å². The molecular formula is C20H32O2. The van der Waals surface area contributed by atoms with Gasteiger partial charge in [0.15, 0.2) is 5.78 Å². The number of aldehydes is 1. The predicted octanol–water partition coefficient (Wildman–Crippen LogP) is 5.26. The van der Waals surface area contributed by atoms with Crippen LogP contribution in [0.2, 0.25) is 0 Å². The molecule has 22 heavy (non-hydrogen) atoms. The molecular weight excluding hydrogens is 272 g/mol. The van der Waals surface area contributed by atoms with Gasteiger partial charge in [-0.25, -0.2) is 0 Å². The van der Waals surface area contributed by atoms with Crippen LogP contribution >= 0.6 is 0 Å². The maximum Gasteiger partial charge on any atom is 0.164 e. The van der Waals surface area contributed by atoms with Gasteiger partial charge in [0.1, 0.15) is 6.29 Å². The summed E-state index contributed by atoms with van der Waals surface area (Å²) in [5.74, 6) is 0.504. The van der Waals surface area contributed by atoms with Gasteiger partial charge < -0.3 is 4.79 Å². The Morgan fingerprint density at radius 3 is 2.09 bits per heavy atom. The molecule has 124 valence electrons. The van der Waals surface area contributed by atoms with E-state index in [1.807, 2.05) is 0 Å². The Morgan fingerprint density at radius 1 is 1.00 bits per heavy atom. The summed E-state index contributed by atoms with van der Waals surface area (Å²) in [7, 11) is 0. The zero-order valence-electron chi connectivity index (χ0n) is 14.5. The van der Waals surface area contributed by atoms with Crippen molar-refractivity contribution in [3.8, 4) is 0 Å². The molecule has 0 saturated heterocycles. The topological polar surface area (TPSA) is 34.1 Å². The summed E-state index contributed by atoms with van der Waals surface area (Å²) in [6.07, 6.45) is 13.4. The number of hydrogen-bond donors (Lipinski definition) is 0. The molecule has 0 aromatic heterocycles. The van der Waals surface area contributed by atoms with E-state index in [2.05, 4.69) is 13.5 Å². The Hall–Kier alpha value is -0.920. The number of rotatable bonds is 4. The summed E-state index contributed by atoms with van der Waals surface area (Å²) in [6, 6.07) is 0. The quantitative estimate of drug-likeness (QED) is 0.403. The van der Waals surface area contributed by atoms with Crippen molar-refractivity contribution in [1.29, 1.82) is 0 Å². The Balaban J connectivity index is 2.47. The van der Waals surface area contributed by atoms with Gasteiger partial charge in [0, 0.05) is 10.8 Å². The summed E-state index contributed by atoms with van der Waals surface area (Å²) >= 11 is 0. The maximum atomic E-state index is 13.0. The zero-order valence-corrected chi connectivity index (χ0v) is 14.5. The first kappa shape index (κ1) is 17.4. The lowest BCUT2D eigenvalue weighted by molar-refractivity contribution is -0.146. The Morgan fingerprint density at radius 2 is 1.55 bits per heavy atom. The lowest BCUT2D eigenvalue weighted by atomic mass is 9.52. The molecule has 0 amide bonds. The van der Waals surface area contributed by atoms with E-state index in [9.17, 15) is 9.59 Å². The van der Waals surface area contributed by atoms with Gasteiger partial charge in [0.05, 0.1) is 0 Å². The molecule has 2 aliphatic rings. The van der Waals surface area contributed by atoms with Crippen molar-refractivity contribution in [2.24, 2.45) is 16.7 Å². The van der Waals surface area contributed by atoms with Crippen molar-refractivity contribution in [2.75, 3.05) is 0 Å². The molecule has 2 atom stereocenters. The molecule has 0 bridgehead atoms. The molecule has 0 N–H and O–H groups in total. The van der Waals surface area contributed by atoms with Crippen molar-refractivity contribution in [1.82, 2.24) is 0 Å². The molecule has 0 aliphatic heterocycles. The van der Waals surface area contributed by atoms with Gasteiger partial charge in [-0.15, -0.1) is 0 Å². The molecule has 2 unspecified atom stereocenters. The van der Waals surface area contributed by atoms with E-state index in [1.54, 1.807) is 6.92 Å². The summed E-state index contributed by atoms with van der Waals surface area (Å²) in [4.78, 5) is 25.4. The van der Waals surface area contributed by atoms with Crippen LogP contribution in [0.1, 0.15) is 84.5 Å². The van der Waals surface area contributed by atoms with E-state index in [4.69, 9.17) is 0 Å². The lowest BCUT2D eigenvalue weighted by Gasteiger charge is -2.48. The van der Waals surface area contributed by atoms with E-state index >= 15 is 0 Å². The number of carbonyl (C=O) groups is 2. The first-order valence-electron chi connectivity index (χ1n) is 9.14. The fourth-order valence-corrected chi connectivity index (χ4v) is 5.11. The van der Waals surface area contributed by atoms with E-state index in [-0.39, 0.29) is 5.78 Å². The largest absolute Gasteiger partial charge is 0.303 e. The van der Waals surface area contributed by atoms with Crippen molar-refractivity contribution < 1.29 is 9.59 Å². The third kappa shape index (κ3) is 2.94. The second-order valence-corrected chi connectivity index (χ2v) is 7.85. The molecule has 0 aromatic rings. The Kier molecular flexibility index (Phi) is 5.63. The molecule has 2 rings (SSSR count). The first-order chi connectivity index (χ1) is 10.5. The minimum absolute atomic E-state index is 0.130. The molecule has 0 aromatic carbocycles. The Bertz CT molecular complexity index is 431. The number of carbonyl (C=O) groups excluding carboxylic acids is 2. The van der Waals surface area contributed by atoms with E-state index < -0.39 is 10.8 Å². The van der Waals surface area contributed by atoms with Crippen LogP contribution in [0.5, 0.6) is 0 Å². The smallest absolute Gasteiger partial charge is 0.164 e. The van der Waals surface area contributed by atoms with Crippen molar-refractivity contribution >= 4 is 12.1 Å². The van der Waals surface area contributed by atoms with Crippen LogP contribution in [0.3, 0.4) is 0 Å². The monoisotopic (exact) mass is 304 g/mol. The highest BCUT2D eigenvalue weighted by molar-refractivity contribution is 6.01. The number of ketones is 1. The number of Topliss-reactive ketones (excluding diaryl/α,β-unsaturated/α-hetero) is 1. The lowest BCUT2D eigenvalue weighted by Crippen LogP contribution is -2.51. The molecule has 2 heteroatoms. The van der Waals surface area contributed by atoms with E-state index in [1.165, 1.54) is 32.0 Å². The molecule has 2 fully saturated rings. The minimum atomic E-state index is -0.550. The fraction of sp³-hybridized carbons (Fsp3) is 0.800. The molecule has 2 saturated carbocycles. The van der Waals surface area contributed by atoms with Crippen LogP contribution < -0.4 is 0 Å². The summed E-state index contributed by atoms with van der Waals surface area (Å²) in [6.45, 7) is 7.77. The third-order valence-electron chi connectivity index (χ3n) is 6.48. The molecule has 0 heterocycles. The van der Waals surface area contributed by atoms with Crippen LogP contribution in [-0.4, -0.2) is 12.1 Å². The van der Waals surface area contributed by atoms with E-state index in [0.29, 0.717) is 11.5 Å². The highest BCUT2D eigenvalue weighted by atomic mass is 16.1. The van der Waals surface area contributed by atoms with Crippen molar-refractivity contribution in [2.45, 2.75) is 84.5 Å². The van der Waals surface area contributed by atoms with Gasteiger partial charge in [-0.1, -0.05) is 58.4 Å². The predicted molar refractivity (Wildman–Crippen MR) is 90.7 cm³/mol. The van der Waals surface area contributed by atoms with Gasteiger partial charge in [0.2, 0.25) is 0 Å². The average Bonchev–Trinajstić information content (AvgIpc) is 2.86. The zero-order chi connectivity index (χ0) is 16.2. The minimum Gasteiger partial charge on any atom is -0.303 e. The van der Waals surface area contributed by atoms with Crippen LogP contribution in [-0.2, 0) is 9.59 Å². The molecule has 0 radical (unpaired) electrons. The summed E-state index contributed by atoms with van der Waals surface area (Å²) in [5, 5.41) is 0. The van der Waals surface area contributed by atoms with Gasteiger partial charge in [-0.2, -0.15) is 0 Å². The average molecular weight is 304 g/mol. The number of hydrogen-bond acceptors (Lipinski definition) is 2. The highest BCUT2D eigenvalue weighted by Crippen LogP contribution is 2.56. The van der Waals surface area contributed by atoms with E-state index in [0.717, 1.165) is 44.9 Å². The second kappa shape index (κ2) is 7.10. The maximum absolute atomic E-state index is 13.0. The van der Waals surface area contributed by atoms with Gasteiger partial charge in [-0.3, -0.25) is 4.79 Å². The Labute approximate surface area is 135 Å². The molecule has 0 spiro atoms. The van der Waals surface area contributed by atoms with Crippen molar-refractivity contribution in [3.63, 3.8) is 0 Å². The summed E-state index contributed by atoms with van der Waals surface area (Å²) in [5.41, 5.74) is -0.403. The van der Waals surface area contributed by atoms with Crippen molar-refractivity contribution in [3.05, 3.63) is 12.2 Å². The normalized spacial score (nSPS) is 34.5. The van der Waals surface area contributed by atoms with Gasteiger partial charge >= 0.3 is 0 Å². The third-order valence-corrected chi connectivity index (χ3v) is 6.48. The van der Waals surface area contributed by atoms with Crippen LogP contribution in [0.15, 0.2) is 12.2 Å². The van der Waals surface area contributed by atoms with Gasteiger partial charge in [0.25, 0.3) is 0 Å². The number of allylic oxidation sites excluding steroid dienone is 1. The van der Waals surface area contributed by atoms with Crippen LogP contribution in [0.4, 0.5) is 0 Å². The SMILES string of the molecule is C=C(C)C(=O)C1(C)CCCCCC1(C=O)C1CCCCCC1.